The molecule has 0 aliphatic rings. The van der Waals surface area contributed by atoms with Gasteiger partial charge in [0.15, 0.2) is 0 Å². The second kappa shape index (κ2) is 7.47. The molecule has 0 radical (unpaired) electrons. The van der Waals surface area contributed by atoms with Crippen LogP contribution in [0.1, 0.15) is 15.9 Å². The molecular formula is C21H19NO2. The molecule has 0 saturated heterocycles. The van der Waals surface area contributed by atoms with Crippen molar-refractivity contribution in [2.45, 2.75) is 6.54 Å². The lowest BCUT2D eigenvalue weighted by Gasteiger charge is -2.23. The number of amides is 1. The molecule has 3 nitrogen and oxygen atoms in total. The number of rotatable bonds is 5. The predicted octanol–water partition coefficient (Wildman–Crippen LogP) is 4.54. The van der Waals surface area contributed by atoms with Gasteiger partial charge in [-0.1, -0.05) is 48.5 Å². The average molecular weight is 317 g/mol. The summed E-state index contributed by atoms with van der Waals surface area (Å²) in [6.45, 7) is 0.524. The minimum Gasteiger partial charge on any atom is -0.497 e. The van der Waals surface area contributed by atoms with Crippen LogP contribution in [0.3, 0.4) is 0 Å². The van der Waals surface area contributed by atoms with Crippen molar-refractivity contribution in [3.63, 3.8) is 0 Å². The Hall–Kier alpha value is -3.07. The van der Waals surface area contributed by atoms with E-state index in [-0.39, 0.29) is 5.91 Å². The van der Waals surface area contributed by atoms with Crippen LogP contribution < -0.4 is 9.64 Å². The lowest BCUT2D eigenvalue weighted by atomic mass is 10.1. The summed E-state index contributed by atoms with van der Waals surface area (Å²) in [5.41, 5.74) is 2.60. The first kappa shape index (κ1) is 15.8. The molecule has 3 heteroatoms. The van der Waals surface area contributed by atoms with Crippen molar-refractivity contribution >= 4 is 11.6 Å². The number of hydrogen-bond acceptors (Lipinski definition) is 2. The third kappa shape index (κ3) is 3.63. The lowest BCUT2D eigenvalue weighted by Crippen LogP contribution is -2.30. The summed E-state index contributed by atoms with van der Waals surface area (Å²) in [4.78, 5) is 14.8. The van der Waals surface area contributed by atoms with E-state index in [4.69, 9.17) is 4.74 Å². The molecule has 0 atom stereocenters. The van der Waals surface area contributed by atoms with Gasteiger partial charge in [0, 0.05) is 11.3 Å². The summed E-state index contributed by atoms with van der Waals surface area (Å²) in [5, 5.41) is 0. The fourth-order valence-electron chi connectivity index (χ4n) is 2.54. The highest BCUT2D eigenvalue weighted by Crippen LogP contribution is 2.21. The molecule has 0 saturated carbocycles. The molecule has 3 rings (SSSR count). The van der Waals surface area contributed by atoms with Crippen molar-refractivity contribution in [3.05, 3.63) is 96.1 Å². The number of para-hydroxylation sites is 1. The first-order valence-corrected chi connectivity index (χ1v) is 7.83. The monoisotopic (exact) mass is 317 g/mol. The molecule has 3 aromatic rings. The molecule has 0 unspecified atom stereocenters. The number of anilines is 1. The van der Waals surface area contributed by atoms with Gasteiger partial charge in [-0.2, -0.15) is 0 Å². The largest absolute Gasteiger partial charge is 0.497 e. The third-order valence-electron chi connectivity index (χ3n) is 3.83. The highest BCUT2D eigenvalue weighted by molar-refractivity contribution is 6.06. The van der Waals surface area contributed by atoms with Gasteiger partial charge in [0.1, 0.15) is 5.75 Å². The van der Waals surface area contributed by atoms with Crippen molar-refractivity contribution in [1.29, 1.82) is 0 Å². The molecule has 120 valence electrons. The van der Waals surface area contributed by atoms with Crippen molar-refractivity contribution in [2.24, 2.45) is 0 Å². The van der Waals surface area contributed by atoms with Crippen LogP contribution in [0, 0.1) is 0 Å². The molecule has 0 aliphatic heterocycles. The first-order valence-electron chi connectivity index (χ1n) is 7.83. The van der Waals surface area contributed by atoms with Crippen LogP contribution in [0.15, 0.2) is 84.9 Å². The Bertz CT molecular complexity index is 783. The van der Waals surface area contributed by atoms with E-state index in [9.17, 15) is 4.79 Å². The van der Waals surface area contributed by atoms with Gasteiger partial charge in [-0.3, -0.25) is 4.79 Å². The highest BCUT2D eigenvalue weighted by Gasteiger charge is 2.18. The van der Waals surface area contributed by atoms with Crippen LogP contribution >= 0.6 is 0 Å². The number of benzene rings is 3. The number of hydrogen-bond donors (Lipinski definition) is 0. The van der Waals surface area contributed by atoms with Gasteiger partial charge < -0.3 is 9.64 Å². The summed E-state index contributed by atoms with van der Waals surface area (Å²) in [6.07, 6.45) is 0. The SMILES string of the molecule is COc1ccc(C(=O)N(Cc2ccccc2)c2ccccc2)cc1. The fourth-order valence-corrected chi connectivity index (χ4v) is 2.54. The molecule has 0 heterocycles. The topological polar surface area (TPSA) is 29.5 Å². The van der Waals surface area contributed by atoms with E-state index in [2.05, 4.69) is 0 Å². The van der Waals surface area contributed by atoms with Gasteiger partial charge in [0.05, 0.1) is 13.7 Å². The summed E-state index contributed by atoms with van der Waals surface area (Å²) < 4.78 is 5.16. The maximum atomic E-state index is 13.0. The van der Waals surface area contributed by atoms with Crippen molar-refractivity contribution in [1.82, 2.24) is 0 Å². The Kier molecular flexibility index (Phi) is 4.92. The van der Waals surface area contributed by atoms with Crippen LogP contribution in [0.5, 0.6) is 5.75 Å². The molecular weight excluding hydrogens is 298 g/mol. The average Bonchev–Trinajstić information content (AvgIpc) is 2.67. The van der Waals surface area contributed by atoms with Gasteiger partial charge in [0.2, 0.25) is 0 Å². The van der Waals surface area contributed by atoms with E-state index in [1.165, 1.54) is 0 Å². The zero-order chi connectivity index (χ0) is 16.8. The number of carbonyl (C=O) groups is 1. The Morgan fingerprint density at radius 1 is 0.833 bits per heavy atom. The van der Waals surface area contributed by atoms with E-state index in [1.54, 1.807) is 36.3 Å². The van der Waals surface area contributed by atoms with Gasteiger partial charge >= 0.3 is 0 Å². The molecule has 0 fully saturated rings. The van der Waals surface area contributed by atoms with Crippen LogP contribution in [-0.2, 0) is 6.54 Å². The minimum atomic E-state index is -0.0345. The summed E-state index contributed by atoms with van der Waals surface area (Å²) in [5.74, 6) is 0.702. The minimum absolute atomic E-state index is 0.0345. The van der Waals surface area contributed by atoms with Crippen LogP contribution in [-0.4, -0.2) is 13.0 Å². The van der Waals surface area contributed by atoms with Gasteiger partial charge in [-0.05, 0) is 42.0 Å². The van der Waals surface area contributed by atoms with Crippen molar-refractivity contribution in [2.75, 3.05) is 12.0 Å². The maximum absolute atomic E-state index is 13.0. The van der Waals surface area contributed by atoms with Crippen molar-refractivity contribution < 1.29 is 9.53 Å². The second-order valence-corrected chi connectivity index (χ2v) is 5.44. The molecule has 0 aromatic heterocycles. The molecule has 0 N–H and O–H groups in total. The Morgan fingerprint density at radius 3 is 2.00 bits per heavy atom. The van der Waals surface area contributed by atoms with E-state index in [0.717, 1.165) is 17.0 Å². The second-order valence-electron chi connectivity index (χ2n) is 5.44. The van der Waals surface area contributed by atoms with Gasteiger partial charge in [-0.15, -0.1) is 0 Å². The predicted molar refractivity (Wildman–Crippen MR) is 96.4 cm³/mol. The van der Waals surface area contributed by atoms with E-state index in [0.29, 0.717) is 12.1 Å². The zero-order valence-corrected chi connectivity index (χ0v) is 13.6. The third-order valence-corrected chi connectivity index (χ3v) is 3.83. The van der Waals surface area contributed by atoms with E-state index < -0.39 is 0 Å². The smallest absolute Gasteiger partial charge is 0.258 e. The molecule has 0 spiro atoms. The van der Waals surface area contributed by atoms with Gasteiger partial charge in [0.25, 0.3) is 5.91 Å². The quantitative estimate of drug-likeness (QED) is 0.691. The number of nitrogens with zero attached hydrogens (tertiary/aromatic N) is 1. The molecule has 0 aliphatic carbocycles. The molecule has 24 heavy (non-hydrogen) atoms. The summed E-state index contributed by atoms with van der Waals surface area (Å²) >= 11 is 0. The number of ether oxygens (including phenoxy) is 1. The van der Waals surface area contributed by atoms with Gasteiger partial charge in [-0.25, -0.2) is 0 Å². The Labute approximate surface area is 142 Å². The fraction of sp³-hybridized carbons (Fsp3) is 0.0952. The summed E-state index contributed by atoms with van der Waals surface area (Å²) in [6, 6.07) is 26.9. The Balaban J connectivity index is 1.92. The Morgan fingerprint density at radius 2 is 1.42 bits per heavy atom. The van der Waals surface area contributed by atoms with Crippen LogP contribution in [0.25, 0.3) is 0 Å². The molecule has 1 amide bonds. The molecule has 0 bridgehead atoms. The number of carbonyl (C=O) groups excluding carboxylic acids is 1. The maximum Gasteiger partial charge on any atom is 0.258 e. The standard InChI is InChI=1S/C21H19NO2/c1-24-20-14-12-18(13-15-20)21(23)22(19-10-6-3-7-11-19)16-17-8-4-2-5-9-17/h2-15H,16H2,1H3. The normalized spacial score (nSPS) is 10.2. The lowest BCUT2D eigenvalue weighted by molar-refractivity contribution is 0.0985. The van der Waals surface area contributed by atoms with E-state index in [1.807, 2.05) is 60.7 Å². The van der Waals surface area contributed by atoms with Crippen LogP contribution in [0.4, 0.5) is 5.69 Å². The zero-order valence-electron chi connectivity index (χ0n) is 13.6. The molecule has 3 aromatic carbocycles. The first-order chi connectivity index (χ1) is 11.8. The highest BCUT2D eigenvalue weighted by atomic mass is 16.5. The van der Waals surface area contributed by atoms with E-state index >= 15 is 0 Å². The van der Waals surface area contributed by atoms with Crippen LogP contribution in [0.2, 0.25) is 0 Å². The summed E-state index contributed by atoms with van der Waals surface area (Å²) in [7, 11) is 1.61. The van der Waals surface area contributed by atoms with Crippen molar-refractivity contribution in [3.8, 4) is 5.75 Å². The number of methoxy groups -OCH3 is 1.